The van der Waals surface area contributed by atoms with Crippen molar-refractivity contribution < 1.29 is 26.3 Å². The molecule has 0 nitrogen and oxygen atoms in total. The van der Waals surface area contributed by atoms with Gasteiger partial charge in [0.2, 0.25) is 0 Å². The minimum absolute atomic E-state index is 0.0792. The molecule has 0 fully saturated rings. The maximum absolute atomic E-state index is 13.6. The van der Waals surface area contributed by atoms with Gasteiger partial charge in [-0.1, -0.05) is 63.2 Å². The van der Waals surface area contributed by atoms with Gasteiger partial charge in [0, 0.05) is 0 Å². The standard InChI is InChI=1S/C27H22F6/c1-25(2,3)23-10-9-17-11-18(16-7-5-4-6-8-16)14-22(17)24(23)19-12-20(26(28,29)30)15-21(13-19)27(31,32)33/h4-10,12-15H,11H2,1-3H3. The van der Waals surface area contributed by atoms with Gasteiger partial charge in [0.05, 0.1) is 11.1 Å². The summed E-state index contributed by atoms with van der Waals surface area (Å²) >= 11 is 0. The summed E-state index contributed by atoms with van der Waals surface area (Å²) in [4.78, 5) is 0. The van der Waals surface area contributed by atoms with Gasteiger partial charge in [-0.2, -0.15) is 26.3 Å². The molecule has 0 saturated carbocycles. The van der Waals surface area contributed by atoms with Crippen LogP contribution < -0.4 is 0 Å². The summed E-state index contributed by atoms with van der Waals surface area (Å²) in [6.45, 7) is 5.69. The van der Waals surface area contributed by atoms with Gasteiger partial charge in [-0.15, -0.1) is 0 Å². The summed E-state index contributed by atoms with van der Waals surface area (Å²) in [7, 11) is 0. The number of hydrogen-bond acceptors (Lipinski definition) is 0. The van der Waals surface area contributed by atoms with Crippen molar-refractivity contribution in [1.29, 1.82) is 0 Å². The van der Waals surface area contributed by atoms with Crippen molar-refractivity contribution >= 4 is 11.6 Å². The second-order valence-corrected chi connectivity index (χ2v) is 9.32. The number of halogens is 6. The maximum Gasteiger partial charge on any atom is 0.416 e. The van der Waals surface area contributed by atoms with Gasteiger partial charge in [0.1, 0.15) is 0 Å². The van der Waals surface area contributed by atoms with E-state index in [4.69, 9.17) is 0 Å². The molecule has 0 spiro atoms. The zero-order valence-electron chi connectivity index (χ0n) is 18.3. The van der Waals surface area contributed by atoms with E-state index in [1.165, 1.54) is 0 Å². The average Bonchev–Trinajstić information content (AvgIpc) is 3.16. The van der Waals surface area contributed by atoms with Crippen LogP contribution in [0.3, 0.4) is 0 Å². The van der Waals surface area contributed by atoms with E-state index in [1.807, 2.05) is 69.3 Å². The lowest BCUT2D eigenvalue weighted by molar-refractivity contribution is -0.143. The molecule has 6 heteroatoms. The summed E-state index contributed by atoms with van der Waals surface area (Å²) < 4.78 is 81.4. The molecule has 3 aromatic carbocycles. The zero-order chi connectivity index (χ0) is 24.2. The van der Waals surface area contributed by atoms with Crippen molar-refractivity contribution in [3.8, 4) is 11.1 Å². The summed E-state index contributed by atoms with van der Waals surface area (Å²) in [6.07, 6.45) is -7.35. The van der Waals surface area contributed by atoms with Crippen LogP contribution in [-0.4, -0.2) is 0 Å². The first-order valence-electron chi connectivity index (χ1n) is 10.5. The highest BCUT2D eigenvalue weighted by molar-refractivity contribution is 5.95. The Balaban J connectivity index is 2.02. The topological polar surface area (TPSA) is 0 Å². The Morgan fingerprint density at radius 1 is 0.667 bits per heavy atom. The van der Waals surface area contributed by atoms with E-state index in [-0.39, 0.29) is 11.6 Å². The van der Waals surface area contributed by atoms with Crippen LogP contribution in [0.1, 0.15) is 54.2 Å². The van der Waals surface area contributed by atoms with Gasteiger partial charge in [-0.25, -0.2) is 0 Å². The van der Waals surface area contributed by atoms with Gasteiger partial charge in [0.15, 0.2) is 0 Å². The van der Waals surface area contributed by atoms with E-state index in [2.05, 4.69) is 0 Å². The van der Waals surface area contributed by atoms with E-state index in [0.717, 1.165) is 28.8 Å². The second kappa shape index (κ2) is 7.79. The highest BCUT2D eigenvalue weighted by Gasteiger charge is 2.38. The lowest BCUT2D eigenvalue weighted by Gasteiger charge is -2.26. The minimum atomic E-state index is -4.90. The van der Waals surface area contributed by atoms with E-state index in [1.54, 1.807) is 0 Å². The fraction of sp³-hybridized carbons (Fsp3) is 0.259. The molecule has 0 aliphatic heterocycles. The van der Waals surface area contributed by atoms with Gasteiger partial charge in [0.25, 0.3) is 0 Å². The largest absolute Gasteiger partial charge is 0.416 e. The smallest absolute Gasteiger partial charge is 0.166 e. The third-order valence-electron chi connectivity index (χ3n) is 5.86. The van der Waals surface area contributed by atoms with Gasteiger partial charge in [-0.3, -0.25) is 0 Å². The quantitative estimate of drug-likeness (QED) is 0.335. The Morgan fingerprint density at radius 3 is 1.76 bits per heavy atom. The summed E-state index contributed by atoms with van der Waals surface area (Å²) in [5, 5.41) is 0. The van der Waals surface area contributed by atoms with Crippen LogP contribution >= 0.6 is 0 Å². The first-order valence-corrected chi connectivity index (χ1v) is 10.5. The Labute approximate surface area is 188 Å². The SMILES string of the molecule is CC(C)(C)c1ccc2c(c1-c1cc(C(F)(F)F)cc(C(F)(F)F)c1)C=C(c1ccccc1)C2. The molecule has 0 saturated heterocycles. The van der Waals surface area contributed by atoms with Crippen molar-refractivity contribution in [2.75, 3.05) is 0 Å². The Hall–Kier alpha value is -3.02. The van der Waals surface area contributed by atoms with Crippen molar-refractivity contribution in [2.45, 2.75) is 45.0 Å². The molecule has 0 radical (unpaired) electrons. The third-order valence-corrected chi connectivity index (χ3v) is 5.86. The fourth-order valence-corrected chi connectivity index (χ4v) is 4.29. The van der Waals surface area contributed by atoms with Crippen LogP contribution in [0.25, 0.3) is 22.8 Å². The van der Waals surface area contributed by atoms with Crippen LogP contribution in [0.2, 0.25) is 0 Å². The fourth-order valence-electron chi connectivity index (χ4n) is 4.29. The Kier molecular flexibility index (Phi) is 5.46. The van der Waals surface area contributed by atoms with Crippen LogP contribution in [-0.2, 0) is 24.2 Å². The molecule has 0 aromatic heterocycles. The lowest BCUT2D eigenvalue weighted by atomic mass is 9.78. The van der Waals surface area contributed by atoms with E-state index >= 15 is 0 Å². The molecule has 0 amide bonds. The third kappa shape index (κ3) is 4.56. The normalized spacial score (nSPS) is 14.3. The molecule has 33 heavy (non-hydrogen) atoms. The monoisotopic (exact) mass is 460 g/mol. The van der Waals surface area contributed by atoms with Gasteiger partial charge in [-0.05, 0) is 75.1 Å². The molecule has 0 atom stereocenters. The molecule has 0 N–H and O–H groups in total. The van der Waals surface area contributed by atoms with Gasteiger partial charge >= 0.3 is 12.4 Å². The first kappa shape index (κ1) is 23.1. The van der Waals surface area contributed by atoms with Crippen LogP contribution in [0.15, 0.2) is 60.7 Å². The average molecular weight is 460 g/mol. The predicted octanol–water partition coefficient (Wildman–Crippen LogP) is 8.79. The van der Waals surface area contributed by atoms with Crippen LogP contribution in [0.5, 0.6) is 0 Å². The highest BCUT2D eigenvalue weighted by atomic mass is 19.4. The van der Waals surface area contributed by atoms with Crippen LogP contribution in [0, 0.1) is 0 Å². The first-order chi connectivity index (χ1) is 15.2. The highest BCUT2D eigenvalue weighted by Crippen LogP contribution is 2.46. The van der Waals surface area contributed by atoms with Crippen LogP contribution in [0.4, 0.5) is 26.3 Å². The molecular weight excluding hydrogens is 438 g/mol. The van der Waals surface area contributed by atoms with Crippen molar-refractivity contribution in [3.05, 3.63) is 94.0 Å². The minimum Gasteiger partial charge on any atom is -0.166 e. The van der Waals surface area contributed by atoms with Gasteiger partial charge < -0.3 is 0 Å². The molecule has 0 unspecified atom stereocenters. The Bertz CT molecular complexity index is 1190. The van der Waals surface area contributed by atoms with E-state index in [0.29, 0.717) is 23.1 Å². The summed E-state index contributed by atoms with van der Waals surface area (Å²) in [5.41, 5.74) is 1.41. The van der Waals surface area contributed by atoms with Crippen molar-refractivity contribution in [2.24, 2.45) is 0 Å². The lowest BCUT2D eigenvalue weighted by Crippen LogP contribution is -2.15. The zero-order valence-corrected chi connectivity index (χ0v) is 18.3. The maximum atomic E-state index is 13.6. The van der Waals surface area contributed by atoms with Crippen molar-refractivity contribution in [1.82, 2.24) is 0 Å². The van der Waals surface area contributed by atoms with E-state index < -0.39 is 28.9 Å². The molecule has 0 heterocycles. The number of fused-ring (bicyclic) bond motifs is 1. The number of rotatable bonds is 2. The number of benzene rings is 3. The van der Waals surface area contributed by atoms with Crippen molar-refractivity contribution in [3.63, 3.8) is 0 Å². The van der Waals surface area contributed by atoms with E-state index in [9.17, 15) is 26.3 Å². The molecular formula is C27H22F6. The molecule has 0 bridgehead atoms. The number of hydrogen-bond donors (Lipinski definition) is 0. The Morgan fingerprint density at radius 2 is 1.24 bits per heavy atom. The number of allylic oxidation sites excluding steroid dienone is 1. The predicted molar refractivity (Wildman–Crippen MR) is 119 cm³/mol. The molecule has 3 aromatic rings. The molecule has 1 aliphatic carbocycles. The molecule has 1 aliphatic rings. The number of alkyl halides is 6. The summed E-state index contributed by atoms with van der Waals surface area (Å²) in [6, 6.07) is 15.1. The molecule has 4 rings (SSSR count). The second-order valence-electron chi connectivity index (χ2n) is 9.32. The molecule has 172 valence electrons. The summed E-state index contributed by atoms with van der Waals surface area (Å²) in [5.74, 6) is 0.